The fourth-order valence-electron chi connectivity index (χ4n) is 2.22. The largest absolute Gasteiger partial charge is 0.338 e. The molecule has 1 aromatic carbocycles. The number of hydrogen-bond acceptors (Lipinski definition) is 4. The van der Waals surface area contributed by atoms with E-state index < -0.39 is 4.92 Å². The van der Waals surface area contributed by atoms with Crippen LogP contribution in [0.4, 0.5) is 5.69 Å². The summed E-state index contributed by atoms with van der Waals surface area (Å²) in [5.74, 6) is -0.142. The second-order valence-electron chi connectivity index (χ2n) is 4.75. The minimum absolute atomic E-state index is 0.00161. The molecule has 1 amide bonds. The van der Waals surface area contributed by atoms with Crippen molar-refractivity contribution in [3.8, 4) is 0 Å². The summed E-state index contributed by atoms with van der Waals surface area (Å²) in [4.78, 5) is 24.1. The second-order valence-corrected chi connectivity index (χ2v) is 4.75. The number of nitro groups is 1. The van der Waals surface area contributed by atoms with Gasteiger partial charge in [0.25, 0.3) is 5.69 Å². The topological polar surface area (TPSA) is 75.5 Å². The molecule has 1 unspecified atom stereocenters. The molecular formula is C14H17N3O3. The van der Waals surface area contributed by atoms with Crippen molar-refractivity contribution in [2.75, 3.05) is 20.1 Å². The molecule has 20 heavy (non-hydrogen) atoms. The number of rotatable bonds is 4. The lowest BCUT2D eigenvalue weighted by Crippen LogP contribution is -2.37. The van der Waals surface area contributed by atoms with Gasteiger partial charge in [0.05, 0.1) is 10.5 Å². The van der Waals surface area contributed by atoms with Gasteiger partial charge in [-0.1, -0.05) is 12.1 Å². The van der Waals surface area contributed by atoms with Gasteiger partial charge in [-0.05, 0) is 25.1 Å². The zero-order valence-electron chi connectivity index (χ0n) is 11.3. The van der Waals surface area contributed by atoms with Crippen molar-refractivity contribution in [1.82, 2.24) is 10.2 Å². The Bertz CT molecular complexity index is 536. The van der Waals surface area contributed by atoms with Crippen molar-refractivity contribution in [2.24, 2.45) is 0 Å². The van der Waals surface area contributed by atoms with E-state index in [4.69, 9.17) is 0 Å². The maximum atomic E-state index is 12.0. The van der Waals surface area contributed by atoms with Crippen molar-refractivity contribution in [2.45, 2.75) is 12.5 Å². The SMILES string of the molecule is CN(C(=O)C=Cc1ccccc1[N+](=O)[O-])C1CCNC1. The highest BCUT2D eigenvalue weighted by atomic mass is 16.6. The van der Waals surface area contributed by atoms with Crippen LogP contribution in [0, 0.1) is 10.1 Å². The molecule has 6 nitrogen and oxygen atoms in total. The van der Waals surface area contributed by atoms with Gasteiger partial charge < -0.3 is 10.2 Å². The Morgan fingerprint density at radius 1 is 1.50 bits per heavy atom. The van der Waals surface area contributed by atoms with Crippen molar-refractivity contribution in [3.63, 3.8) is 0 Å². The van der Waals surface area contributed by atoms with Crippen LogP contribution in [0.25, 0.3) is 6.08 Å². The maximum Gasteiger partial charge on any atom is 0.276 e. The van der Waals surface area contributed by atoms with E-state index in [1.54, 1.807) is 30.1 Å². The molecular weight excluding hydrogens is 258 g/mol. The van der Waals surface area contributed by atoms with Crippen LogP contribution < -0.4 is 5.32 Å². The van der Waals surface area contributed by atoms with Crippen LogP contribution in [0.1, 0.15) is 12.0 Å². The van der Waals surface area contributed by atoms with Gasteiger partial charge in [-0.25, -0.2) is 0 Å². The Morgan fingerprint density at radius 2 is 2.25 bits per heavy atom. The van der Waals surface area contributed by atoms with Crippen molar-refractivity contribution in [3.05, 3.63) is 46.0 Å². The Hall–Kier alpha value is -2.21. The molecule has 1 atom stereocenters. The summed E-state index contributed by atoms with van der Waals surface area (Å²) in [5, 5.41) is 14.1. The third-order valence-corrected chi connectivity index (χ3v) is 3.47. The lowest BCUT2D eigenvalue weighted by atomic mass is 10.1. The predicted molar refractivity (Wildman–Crippen MR) is 76.2 cm³/mol. The van der Waals surface area contributed by atoms with Crippen LogP contribution in [0.2, 0.25) is 0 Å². The van der Waals surface area contributed by atoms with E-state index in [2.05, 4.69) is 5.32 Å². The van der Waals surface area contributed by atoms with Crippen molar-refractivity contribution < 1.29 is 9.72 Å². The molecule has 1 N–H and O–H groups in total. The molecule has 0 spiro atoms. The number of nitro benzene ring substituents is 1. The van der Waals surface area contributed by atoms with Gasteiger partial charge in [0.15, 0.2) is 0 Å². The monoisotopic (exact) mass is 275 g/mol. The van der Waals surface area contributed by atoms with Crippen LogP contribution in [0.3, 0.4) is 0 Å². The molecule has 1 heterocycles. The minimum atomic E-state index is -0.450. The van der Waals surface area contributed by atoms with Gasteiger partial charge in [-0.3, -0.25) is 14.9 Å². The molecule has 0 saturated carbocycles. The number of carbonyl (C=O) groups is 1. The highest BCUT2D eigenvalue weighted by Crippen LogP contribution is 2.19. The Labute approximate surface area is 117 Å². The molecule has 0 aromatic heterocycles. The molecule has 1 aromatic rings. The van der Waals surface area contributed by atoms with Gasteiger partial charge in [0, 0.05) is 31.8 Å². The van der Waals surface area contributed by atoms with Crippen molar-refractivity contribution >= 4 is 17.7 Å². The normalized spacial score (nSPS) is 18.4. The number of para-hydroxylation sites is 1. The molecule has 1 fully saturated rings. The van der Waals surface area contributed by atoms with E-state index in [1.807, 2.05) is 0 Å². The number of nitrogens with one attached hydrogen (secondary N) is 1. The maximum absolute atomic E-state index is 12.0. The average molecular weight is 275 g/mol. The fourth-order valence-corrected chi connectivity index (χ4v) is 2.22. The van der Waals surface area contributed by atoms with Crippen LogP contribution in [-0.4, -0.2) is 41.9 Å². The van der Waals surface area contributed by atoms with E-state index in [9.17, 15) is 14.9 Å². The van der Waals surface area contributed by atoms with Crippen LogP contribution in [0.15, 0.2) is 30.3 Å². The summed E-state index contributed by atoms with van der Waals surface area (Å²) in [6.45, 7) is 1.71. The summed E-state index contributed by atoms with van der Waals surface area (Å²) in [6.07, 6.45) is 3.82. The van der Waals surface area contributed by atoms with E-state index in [0.29, 0.717) is 5.56 Å². The quantitative estimate of drug-likeness (QED) is 0.512. The Morgan fingerprint density at radius 3 is 2.90 bits per heavy atom. The van der Waals surface area contributed by atoms with Crippen LogP contribution in [-0.2, 0) is 4.79 Å². The number of likely N-dealkylation sites (N-methyl/N-ethyl adjacent to an activating group) is 1. The Balaban J connectivity index is 2.09. The lowest BCUT2D eigenvalue weighted by molar-refractivity contribution is -0.385. The molecule has 1 aliphatic heterocycles. The number of benzene rings is 1. The summed E-state index contributed by atoms with van der Waals surface area (Å²) in [5.41, 5.74) is 0.436. The van der Waals surface area contributed by atoms with Crippen molar-refractivity contribution in [1.29, 1.82) is 0 Å². The molecule has 106 valence electrons. The summed E-state index contributed by atoms with van der Waals surface area (Å²) in [6, 6.07) is 6.56. The first kappa shape index (κ1) is 14.2. The van der Waals surface area contributed by atoms with Gasteiger partial charge in [0.2, 0.25) is 5.91 Å². The van der Waals surface area contributed by atoms with Gasteiger partial charge in [0.1, 0.15) is 0 Å². The van der Waals surface area contributed by atoms with Crippen LogP contribution >= 0.6 is 0 Å². The first-order valence-corrected chi connectivity index (χ1v) is 6.48. The molecule has 1 saturated heterocycles. The van der Waals surface area contributed by atoms with E-state index in [-0.39, 0.29) is 17.6 Å². The zero-order valence-corrected chi connectivity index (χ0v) is 11.3. The fraction of sp³-hybridized carbons (Fsp3) is 0.357. The zero-order chi connectivity index (χ0) is 14.5. The average Bonchev–Trinajstić information content (AvgIpc) is 2.98. The lowest BCUT2D eigenvalue weighted by Gasteiger charge is -2.22. The molecule has 2 rings (SSSR count). The van der Waals surface area contributed by atoms with Gasteiger partial charge in [-0.2, -0.15) is 0 Å². The predicted octanol–water partition coefficient (Wildman–Crippen LogP) is 1.43. The molecule has 0 radical (unpaired) electrons. The van der Waals surface area contributed by atoms with Gasteiger partial charge in [-0.15, -0.1) is 0 Å². The van der Waals surface area contributed by atoms with E-state index in [0.717, 1.165) is 19.5 Å². The number of amides is 1. The summed E-state index contributed by atoms with van der Waals surface area (Å²) >= 11 is 0. The standard InChI is InChI=1S/C14H17N3O3/c1-16(12-8-9-15-10-12)14(18)7-6-11-4-2-3-5-13(11)17(19)20/h2-7,12,15H,8-10H2,1H3. The second kappa shape index (κ2) is 6.29. The van der Waals surface area contributed by atoms with Crippen LogP contribution in [0.5, 0.6) is 0 Å². The van der Waals surface area contributed by atoms with E-state index >= 15 is 0 Å². The molecule has 6 heteroatoms. The van der Waals surface area contributed by atoms with Gasteiger partial charge >= 0.3 is 0 Å². The Kier molecular flexibility index (Phi) is 4.47. The van der Waals surface area contributed by atoms with E-state index in [1.165, 1.54) is 18.2 Å². The summed E-state index contributed by atoms with van der Waals surface area (Å²) in [7, 11) is 1.75. The first-order chi connectivity index (χ1) is 9.59. The number of carbonyl (C=O) groups excluding carboxylic acids is 1. The molecule has 0 aliphatic carbocycles. The molecule has 1 aliphatic rings. The first-order valence-electron chi connectivity index (χ1n) is 6.48. The third-order valence-electron chi connectivity index (χ3n) is 3.47. The number of hydrogen-bond donors (Lipinski definition) is 1. The third kappa shape index (κ3) is 3.21. The minimum Gasteiger partial charge on any atom is -0.338 e. The molecule has 0 bridgehead atoms. The highest BCUT2D eigenvalue weighted by molar-refractivity contribution is 5.92. The summed E-state index contributed by atoms with van der Waals surface area (Å²) < 4.78 is 0. The highest BCUT2D eigenvalue weighted by Gasteiger charge is 2.21. The smallest absolute Gasteiger partial charge is 0.276 e. The number of nitrogens with zero attached hydrogens (tertiary/aromatic N) is 2.